The number of aromatic nitrogens is 3. The Hall–Kier alpha value is -2.47. The number of nitrogens with two attached hydrogens (primary N) is 1. The molecule has 21 heavy (non-hydrogen) atoms. The lowest BCUT2D eigenvalue weighted by Crippen LogP contribution is -1.98. The van der Waals surface area contributed by atoms with Crippen molar-refractivity contribution in [1.82, 2.24) is 15.0 Å². The summed E-state index contributed by atoms with van der Waals surface area (Å²) < 4.78 is 0. The second kappa shape index (κ2) is 5.49. The van der Waals surface area contributed by atoms with E-state index in [2.05, 4.69) is 27.2 Å². The Labute approximate surface area is 126 Å². The summed E-state index contributed by atoms with van der Waals surface area (Å²) in [4.78, 5) is 14.5. The fourth-order valence-corrected chi connectivity index (χ4v) is 2.75. The molecule has 2 heterocycles. The predicted octanol–water partition coefficient (Wildman–Crippen LogP) is 3.54. The minimum absolute atomic E-state index is 0.531. The van der Waals surface area contributed by atoms with Crippen LogP contribution in [0.1, 0.15) is 10.6 Å². The lowest BCUT2D eigenvalue weighted by Gasteiger charge is -2.06. The van der Waals surface area contributed by atoms with Crippen molar-refractivity contribution in [1.29, 1.82) is 0 Å². The first-order chi connectivity index (χ1) is 10.1. The van der Waals surface area contributed by atoms with Gasteiger partial charge in [-0.25, -0.2) is 15.0 Å². The zero-order chi connectivity index (χ0) is 14.8. The summed E-state index contributed by atoms with van der Waals surface area (Å²) in [5.41, 5.74) is 9.18. The van der Waals surface area contributed by atoms with E-state index in [9.17, 15) is 0 Å². The van der Waals surface area contributed by atoms with Crippen LogP contribution in [-0.4, -0.2) is 15.0 Å². The van der Waals surface area contributed by atoms with Crippen molar-refractivity contribution in [3.8, 4) is 10.7 Å². The fourth-order valence-electron chi connectivity index (χ4n) is 1.87. The minimum Gasteiger partial charge on any atom is -0.399 e. The van der Waals surface area contributed by atoms with Gasteiger partial charge in [-0.15, -0.1) is 11.3 Å². The van der Waals surface area contributed by atoms with Gasteiger partial charge in [-0.2, -0.15) is 0 Å². The highest BCUT2D eigenvalue weighted by Crippen LogP contribution is 2.26. The number of aryl methyl sites for hydroxylation is 2. The van der Waals surface area contributed by atoms with Gasteiger partial charge in [-0.1, -0.05) is 6.07 Å². The number of rotatable bonds is 3. The van der Waals surface area contributed by atoms with E-state index < -0.39 is 0 Å². The molecular weight excluding hydrogens is 282 g/mol. The largest absolute Gasteiger partial charge is 0.399 e. The number of nitrogen functional groups attached to an aromatic ring is 1. The van der Waals surface area contributed by atoms with E-state index >= 15 is 0 Å². The molecule has 0 fully saturated rings. The highest BCUT2D eigenvalue weighted by atomic mass is 32.1. The van der Waals surface area contributed by atoms with Crippen LogP contribution in [-0.2, 0) is 0 Å². The second-order valence-corrected chi connectivity index (χ2v) is 5.88. The van der Waals surface area contributed by atoms with Crippen molar-refractivity contribution >= 4 is 28.7 Å². The third-order valence-corrected chi connectivity index (χ3v) is 4.14. The van der Waals surface area contributed by atoms with Crippen LogP contribution in [0.2, 0.25) is 0 Å². The van der Waals surface area contributed by atoms with Gasteiger partial charge < -0.3 is 11.1 Å². The van der Waals surface area contributed by atoms with Crippen molar-refractivity contribution in [3.05, 3.63) is 47.1 Å². The molecule has 106 valence electrons. The molecule has 0 bridgehead atoms. The molecule has 5 nitrogen and oxygen atoms in total. The Bertz CT molecular complexity index is 762. The summed E-state index contributed by atoms with van der Waals surface area (Å²) in [7, 11) is 0. The first-order valence-corrected chi connectivity index (χ1v) is 7.33. The zero-order valence-corrected chi connectivity index (χ0v) is 12.6. The SMILES string of the molecule is Cc1nc(-c2ccnc(Nc3cccc(N)c3)n2)sc1C. The van der Waals surface area contributed by atoms with Crippen LogP contribution < -0.4 is 11.1 Å². The Balaban J connectivity index is 1.89. The van der Waals surface area contributed by atoms with Crippen molar-refractivity contribution in [2.45, 2.75) is 13.8 Å². The van der Waals surface area contributed by atoms with Gasteiger partial charge in [-0.3, -0.25) is 0 Å². The number of hydrogen-bond donors (Lipinski definition) is 2. The fraction of sp³-hybridized carbons (Fsp3) is 0.133. The first kappa shape index (κ1) is 13.5. The molecule has 2 aromatic heterocycles. The maximum atomic E-state index is 5.76. The third-order valence-electron chi connectivity index (χ3n) is 3.05. The van der Waals surface area contributed by atoms with E-state index in [0.717, 1.165) is 22.1 Å². The van der Waals surface area contributed by atoms with Gasteiger partial charge in [-0.05, 0) is 38.1 Å². The maximum absolute atomic E-state index is 5.76. The molecule has 0 saturated carbocycles. The lowest BCUT2D eigenvalue weighted by atomic mass is 10.3. The quantitative estimate of drug-likeness (QED) is 0.723. The molecule has 0 spiro atoms. The van der Waals surface area contributed by atoms with Crippen molar-refractivity contribution < 1.29 is 0 Å². The van der Waals surface area contributed by atoms with Crippen molar-refractivity contribution in [3.63, 3.8) is 0 Å². The Morgan fingerprint density at radius 3 is 2.71 bits per heavy atom. The standard InChI is InChI=1S/C15H15N5S/c1-9-10(2)21-14(18-9)13-6-7-17-15(20-13)19-12-5-3-4-11(16)8-12/h3-8H,16H2,1-2H3,(H,17,19,20). The van der Waals surface area contributed by atoms with Gasteiger partial charge in [0.05, 0.1) is 5.69 Å². The van der Waals surface area contributed by atoms with Crippen LogP contribution in [0.3, 0.4) is 0 Å². The lowest BCUT2D eigenvalue weighted by molar-refractivity contribution is 1.15. The predicted molar refractivity (Wildman–Crippen MR) is 86.8 cm³/mol. The van der Waals surface area contributed by atoms with Crippen LogP contribution >= 0.6 is 11.3 Å². The smallest absolute Gasteiger partial charge is 0.227 e. The summed E-state index contributed by atoms with van der Waals surface area (Å²) in [6.45, 7) is 4.06. The second-order valence-electron chi connectivity index (χ2n) is 4.68. The number of thiazole rings is 1. The van der Waals surface area contributed by atoms with E-state index in [1.165, 1.54) is 4.88 Å². The van der Waals surface area contributed by atoms with Crippen LogP contribution in [0.15, 0.2) is 36.5 Å². The highest BCUT2D eigenvalue weighted by Gasteiger charge is 2.09. The van der Waals surface area contributed by atoms with Crippen LogP contribution in [0, 0.1) is 13.8 Å². The normalized spacial score (nSPS) is 10.6. The van der Waals surface area contributed by atoms with Crippen LogP contribution in [0.4, 0.5) is 17.3 Å². The average molecular weight is 297 g/mol. The van der Waals surface area contributed by atoms with E-state index in [0.29, 0.717) is 11.6 Å². The van der Waals surface area contributed by atoms with Gasteiger partial charge in [0.2, 0.25) is 5.95 Å². The molecule has 0 aliphatic rings. The number of nitrogens with zero attached hydrogens (tertiary/aromatic N) is 3. The Kier molecular flexibility index (Phi) is 3.53. The summed E-state index contributed by atoms with van der Waals surface area (Å²) >= 11 is 1.64. The molecule has 3 rings (SSSR count). The first-order valence-electron chi connectivity index (χ1n) is 6.52. The molecular formula is C15H15N5S. The third kappa shape index (κ3) is 3.00. The molecule has 3 aromatic rings. The molecule has 3 N–H and O–H groups in total. The number of benzene rings is 1. The van der Waals surface area contributed by atoms with Gasteiger partial charge in [0.15, 0.2) is 0 Å². The van der Waals surface area contributed by atoms with Gasteiger partial charge in [0, 0.05) is 22.4 Å². The molecule has 0 unspecified atom stereocenters. The molecule has 1 aromatic carbocycles. The molecule has 6 heteroatoms. The summed E-state index contributed by atoms with van der Waals surface area (Å²) in [5.74, 6) is 0.531. The molecule has 0 radical (unpaired) electrons. The Morgan fingerprint density at radius 2 is 2.00 bits per heavy atom. The number of hydrogen-bond acceptors (Lipinski definition) is 6. The monoisotopic (exact) mass is 297 g/mol. The Morgan fingerprint density at radius 1 is 1.14 bits per heavy atom. The average Bonchev–Trinajstić information content (AvgIpc) is 2.79. The van der Waals surface area contributed by atoms with Gasteiger partial charge >= 0.3 is 0 Å². The summed E-state index contributed by atoms with van der Waals surface area (Å²) in [6.07, 6.45) is 1.73. The van der Waals surface area contributed by atoms with E-state index in [4.69, 9.17) is 5.73 Å². The molecule has 0 aliphatic heterocycles. The molecule has 0 atom stereocenters. The zero-order valence-electron chi connectivity index (χ0n) is 11.8. The minimum atomic E-state index is 0.531. The molecule has 0 saturated heterocycles. The topological polar surface area (TPSA) is 76.7 Å². The number of anilines is 3. The number of nitrogens with one attached hydrogen (secondary N) is 1. The van der Waals surface area contributed by atoms with Crippen molar-refractivity contribution in [2.24, 2.45) is 0 Å². The van der Waals surface area contributed by atoms with Gasteiger partial charge in [0.25, 0.3) is 0 Å². The van der Waals surface area contributed by atoms with Crippen LogP contribution in [0.5, 0.6) is 0 Å². The van der Waals surface area contributed by atoms with E-state index in [1.54, 1.807) is 17.5 Å². The summed E-state index contributed by atoms with van der Waals surface area (Å²) in [5, 5.41) is 4.06. The highest BCUT2D eigenvalue weighted by molar-refractivity contribution is 7.15. The molecule has 0 aliphatic carbocycles. The van der Waals surface area contributed by atoms with Crippen molar-refractivity contribution in [2.75, 3.05) is 11.1 Å². The maximum Gasteiger partial charge on any atom is 0.227 e. The summed E-state index contributed by atoms with van der Waals surface area (Å²) in [6, 6.07) is 9.35. The van der Waals surface area contributed by atoms with Crippen LogP contribution in [0.25, 0.3) is 10.7 Å². The van der Waals surface area contributed by atoms with Gasteiger partial charge in [0.1, 0.15) is 10.7 Å². The van der Waals surface area contributed by atoms with E-state index in [-0.39, 0.29) is 0 Å². The molecule has 0 amide bonds. The van der Waals surface area contributed by atoms with E-state index in [1.807, 2.05) is 37.3 Å².